The number of rotatable bonds is 3. The Morgan fingerprint density at radius 3 is 2.73 bits per heavy atom. The monoisotopic (exact) mass is 303 g/mol. The Morgan fingerprint density at radius 2 is 1.95 bits per heavy atom. The molecule has 0 atom stereocenters. The van der Waals surface area contributed by atoms with E-state index in [0.717, 1.165) is 45.6 Å². The zero-order valence-corrected chi connectivity index (χ0v) is 13.7. The lowest BCUT2D eigenvalue weighted by Gasteiger charge is -2.29. The molecule has 2 fully saturated rings. The molecule has 0 unspecified atom stereocenters. The molecular formula is C18H29N3O. The van der Waals surface area contributed by atoms with Crippen LogP contribution >= 0.6 is 0 Å². The van der Waals surface area contributed by atoms with Gasteiger partial charge in [0.05, 0.1) is 6.61 Å². The minimum Gasteiger partial charge on any atom is -0.382 e. The van der Waals surface area contributed by atoms with Gasteiger partial charge in [-0.1, -0.05) is 0 Å². The molecule has 3 rings (SSSR count). The molecule has 0 spiro atoms. The number of nitrogens with one attached hydrogen (secondary N) is 1. The van der Waals surface area contributed by atoms with Crippen molar-refractivity contribution >= 4 is 11.4 Å². The average Bonchev–Trinajstić information content (AvgIpc) is 2.81. The minimum atomic E-state index is 0.409. The van der Waals surface area contributed by atoms with E-state index in [2.05, 4.69) is 35.3 Å². The first kappa shape index (κ1) is 15.6. The van der Waals surface area contributed by atoms with Gasteiger partial charge in [-0.25, -0.2) is 0 Å². The SMILES string of the molecule is Cc1cc(N2CCCOCC2)ccc1NC1CCC(N)CC1. The Balaban J connectivity index is 1.64. The molecule has 1 aliphatic carbocycles. The summed E-state index contributed by atoms with van der Waals surface area (Å²) in [7, 11) is 0. The highest BCUT2D eigenvalue weighted by Gasteiger charge is 2.19. The van der Waals surface area contributed by atoms with Gasteiger partial charge in [-0.2, -0.15) is 0 Å². The molecule has 0 amide bonds. The lowest BCUT2D eigenvalue weighted by molar-refractivity contribution is 0.152. The average molecular weight is 303 g/mol. The van der Waals surface area contributed by atoms with Gasteiger partial charge in [-0.3, -0.25) is 0 Å². The van der Waals surface area contributed by atoms with Crippen LogP contribution in [0.4, 0.5) is 11.4 Å². The molecule has 4 heteroatoms. The molecule has 1 aromatic carbocycles. The van der Waals surface area contributed by atoms with Gasteiger partial charge in [0.25, 0.3) is 0 Å². The van der Waals surface area contributed by atoms with E-state index in [9.17, 15) is 0 Å². The standard InChI is InChI=1S/C18H29N3O/c1-14-13-17(21-9-2-11-22-12-10-21)7-8-18(14)20-16-5-3-15(19)4-6-16/h7-8,13,15-16,20H,2-6,9-12,19H2,1H3. The maximum atomic E-state index is 5.99. The number of hydrogen-bond donors (Lipinski definition) is 2. The van der Waals surface area contributed by atoms with Crippen molar-refractivity contribution in [1.29, 1.82) is 0 Å². The van der Waals surface area contributed by atoms with Crippen molar-refractivity contribution in [1.82, 2.24) is 0 Å². The van der Waals surface area contributed by atoms with Crippen molar-refractivity contribution < 1.29 is 4.74 Å². The summed E-state index contributed by atoms with van der Waals surface area (Å²) in [6.45, 7) is 6.01. The molecule has 1 aromatic rings. The smallest absolute Gasteiger partial charge is 0.0641 e. The third kappa shape index (κ3) is 3.93. The number of nitrogens with two attached hydrogens (primary N) is 1. The number of nitrogens with zero attached hydrogens (tertiary/aromatic N) is 1. The molecule has 1 saturated heterocycles. The quantitative estimate of drug-likeness (QED) is 0.901. The Bertz CT molecular complexity index is 475. The maximum absolute atomic E-state index is 5.99. The molecule has 2 aliphatic rings. The van der Waals surface area contributed by atoms with Gasteiger partial charge in [0, 0.05) is 43.2 Å². The Kier molecular flexibility index (Phi) is 5.21. The first-order chi connectivity index (χ1) is 10.7. The maximum Gasteiger partial charge on any atom is 0.0641 e. The van der Waals surface area contributed by atoms with E-state index in [1.165, 1.54) is 29.8 Å². The van der Waals surface area contributed by atoms with Crippen LogP contribution < -0.4 is 16.0 Å². The third-order valence-electron chi connectivity index (χ3n) is 4.93. The summed E-state index contributed by atoms with van der Waals surface area (Å²) in [6, 6.07) is 7.78. The van der Waals surface area contributed by atoms with E-state index >= 15 is 0 Å². The highest BCUT2D eigenvalue weighted by atomic mass is 16.5. The normalized spacial score (nSPS) is 26.5. The largest absolute Gasteiger partial charge is 0.382 e. The molecule has 0 bridgehead atoms. The van der Waals surface area contributed by atoms with E-state index in [4.69, 9.17) is 10.5 Å². The first-order valence-electron chi connectivity index (χ1n) is 8.68. The van der Waals surface area contributed by atoms with E-state index in [-0.39, 0.29) is 0 Å². The van der Waals surface area contributed by atoms with Crippen molar-refractivity contribution in [2.24, 2.45) is 5.73 Å². The minimum absolute atomic E-state index is 0.409. The summed E-state index contributed by atoms with van der Waals surface area (Å²) in [4.78, 5) is 2.43. The lowest BCUT2D eigenvalue weighted by Crippen LogP contribution is -2.33. The fraction of sp³-hybridized carbons (Fsp3) is 0.667. The number of anilines is 2. The fourth-order valence-electron chi connectivity index (χ4n) is 3.49. The molecule has 1 heterocycles. The van der Waals surface area contributed by atoms with E-state index in [0.29, 0.717) is 12.1 Å². The second kappa shape index (κ2) is 7.34. The molecule has 1 aliphatic heterocycles. The van der Waals surface area contributed by atoms with Crippen LogP contribution in [0.2, 0.25) is 0 Å². The lowest BCUT2D eigenvalue weighted by atomic mass is 9.91. The first-order valence-corrected chi connectivity index (χ1v) is 8.68. The molecule has 22 heavy (non-hydrogen) atoms. The number of ether oxygens (including phenoxy) is 1. The molecular weight excluding hydrogens is 274 g/mol. The van der Waals surface area contributed by atoms with Crippen molar-refractivity contribution in [2.75, 3.05) is 36.5 Å². The Hall–Kier alpha value is -1.26. The summed E-state index contributed by atoms with van der Waals surface area (Å²) in [6.07, 6.45) is 5.77. The van der Waals surface area contributed by atoms with Crippen LogP contribution in [0.25, 0.3) is 0 Å². The predicted octanol–water partition coefficient (Wildman–Crippen LogP) is 2.90. The summed E-state index contributed by atoms with van der Waals surface area (Å²) >= 11 is 0. The Morgan fingerprint density at radius 1 is 1.14 bits per heavy atom. The van der Waals surface area contributed by atoms with E-state index in [1.807, 2.05) is 0 Å². The van der Waals surface area contributed by atoms with Crippen LogP contribution in [0.1, 0.15) is 37.7 Å². The number of aryl methyl sites for hydroxylation is 1. The molecule has 0 aromatic heterocycles. The van der Waals surface area contributed by atoms with Gasteiger partial charge < -0.3 is 20.7 Å². The van der Waals surface area contributed by atoms with Gasteiger partial charge in [0.2, 0.25) is 0 Å². The van der Waals surface area contributed by atoms with Gasteiger partial charge in [-0.05, 0) is 62.8 Å². The van der Waals surface area contributed by atoms with Crippen LogP contribution in [0.3, 0.4) is 0 Å². The van der Waals surface area contributed by atoms with Crippen LogP contribution in [0.5, 0.6) is 0 Å². The summed E-state index contributed by atoms with van der Waals surface area (Å²) in [5, 5.41) is 3.71. The topological polar surface area (TPSA) is 50.5 Å². The highest BCUT2D eigenvalue weighted by Crippen LogP contribution is 2.27. The van der Waals surface area contributed by atoms with Crippen molar-refractivity contribution in [3.05, 3.63) is 23.8 Å². The molecule has 4 nitrogen and oxygen atoms in total. The highest BCUT2D eigenvalue weighted by molar-refractivity contribution is 5.60. The molecule has 0 radical (unpaired) electrons. The summed E-state index contributed by atoms with van der Waals surface area (Å²) in [5.41, 5.74) is 9.92. The molecule has 122 valence electrons. The summed E-state index contributed by atoms with van der Waals surface area (Å²) in [5.74, 6) is 0. The van der Waals surface area contributed by atoms with Crippen molar-refractivity contribution in [3.8, 4) is 0 Å². The number of benzene rings is 1. The van der Waals surface area contributed by atoms with Crippen LogP contribution in [-0.4, -0.2) is 38.4 Å². The second-order valence-electron chi connectivity index (χ2n) is 6.71. The van der Waals surface area contributed by atoms with Crippen LogP contribution in [-0.2, 0) is 4.74 Å². The zero-order valence-electron chi connectivity index (χ0n) is 13.7. The van der Waals surface area contributed by atoms with Crippen molar-refractivity contribution in [2.45, 2.75) is 51.1 Å². The Labute approximate surface area is 134 Å². The predicted molar refractivity (Wildman–Crippen MR) is 92.7 cm³/mol. The van der Waals surface area contributed by atoms with Crippen molar-refractivity contribution in [3.63, 3.8) is 0 Å². The van der Waals surface area contributed by atoms with Gasteiger partial charge in [0.1, 0.15) is 0 Å². The molecule has 3 N–H and O–H groups in total. The fourth-order valence-corrected chi connectivity index (χ4v) is 3.49. The molecule has 1 saturated carbocycles. The zero-order chi connectivity index (χ0) is 15.4. The number of hydrogen-bond acceptors (Lipinski definition) is 4. The van der Waals surface area contributed by atoms with Crippen LogP contribution in [0.15, 0.2) is 18.2 Å². The van der Waals surface area contributed by atoms with Gasteiger partial charge >= 0.3 is 0 Å². The van der Waals surface area contributed by atoms with Gasteiger partial charge in [0.15, 0.2) is 0 Å². The van der Waals surface area contributed by atoms with Gasteiger partial charge in [-0.15, -0.1) is 0 Å². The van der Waals surface area contributed by atoms with E-state index in [1.54, 1.807) is 0 Å². The summed E-state index contributed by atoms with van der Waals surface area (Å²) < 4.78 is 5.55. The third-order valence-corrected chi connectivity index (χ3v) is 4.93. The van der Waals surface area contributed by atoms with E-state index < -0.39 is 0 Å². The second-order valence-corrected chi connectivity index (χ2v) is 6.71. The van der Waals surface area contributed by atoms with Crippen LogP contribution in [0, 0.1) is 6.92 Å².